The lowest BCUT2D eigenvalue weighted by molar-refractivity contribution is 0.236. The molecule has 0 rings (SSSR count). The van der Waals surface area contributed by atoms with Gasteiger partial charge in [-0.2, -0.15) is 8.78 Å². The average molecular weight is 130 g/mol. The van der Waals surface area contributed by atoms with Crippen LogP contribution in [0.5, 0.6) is 0 Å². The smallest absolute Gasteiger partial charge is 0.223 e. The lowest BCUT2D eigenvalue weighted by Gasteiger charge is -1.88. The van der Waals surface area contributed by atoms with Gasteiger partial charge in [0.2, 0.25) is 9.84 Å². The number of alkyl halides is 2. The fourth-order valence-corrected chi connectivity index (χ4v) is 0. The van der Waals surface area contributed by atoms with Gasteiger partial charge in [0.25, 0.3) is 0 Å². The Hall–Kier alpha value is -0.190. The highest BCUT2D eigenvalue weighted by Crippen LogP contribution is 1.99. The molecule has 0 bridgehead atoms. The molecule has 0 saturated carbocycles. The highest BCUT2D eigenvalue weighted by atomic mass is 32.2. The molecule has 0 aromatic carbocycles. The van der Waals surface area contributed by atoms with Gasteiger partial charge in [0, 0.05) is 6.26 Å². The van der Waals surface area contributed by atoms with Crippen LogP contribution in [0.3, 0.4) is 0 Å². The van der Waals surface area contributed by atoms with Gasteiger partial charge >= 0.3 is 5.76 Å². The van der Waals surface area contributed by atoms with E-state index >= 15 is 0 Å². The summed E-state index contributed by atoms with van der Waals surface area (Å²) in [5, 5.41) is 0. The van der Waals surface area contributed by atoms with E-state index < -0.39 is 15.6 Å². The zero-order valence-electron chi connectivity index (χ0n) is 3.56. The molecule has 0 atom stereocenters. The van der Waals surface area contributed by atoms with E-state index in [1.807, 2.05) is 0 Å². The molecule has 0 saturated heterocycles. The summed E-state index contributed by atoms with van der Waals surface area (Å²) in [4.78, 5) is 0. The Morgan fingerprint density at radius 2 is 1.57 bits per heavy atom. The zero-order valence-corrected chi connectivity index (χ0v) is 4.37. The second kappa shape index (κ2) is 1.73. The molecule has 0 heterocycles. The van der Waals surface area contributed by atoms with E-state index in [1.54, 1.807) is 0 Å². The molecule has 0 amide bonds. The van der Waals surface area contributed by atoms with Crippen LogP contribution in [-0.2, 0) is 9.84 Å². The van der Waals surface area contributed by atoms with Crippen molar-refractivity contribution >= 4 is 9.84 Å². The van der Waals surface area contributed by atoms with Gasteiger partial charge in [0.15, 0.2) is 0 Å². The van der Waals surface area contributed by atoms with Crippen LogP contribution in [0.25, 0.3) is 0 Å². The van der Waals surface area contributed by atoms with Gasteiger partial charge in [0.1, 0.15) is 0 Å². The second-order valence-electron chi connectivity index (χ2n) is 1.09. The predicted octanol–water partition coefficient (Wildman–Crippen LogP) is 0.254. The number of hydrogen-bond acceptors (Lipinski definition) is 2. The number of rotatable bonds is 1. The third kappa shape index (κ3) is 2.50. The summed E-state index contributed by atoms with van der Waals surface area (Å²) in [6.45, 7) is 0. The highest BCUT2D eigenvalue weighted by molar-refractivity contribution is 7.90. The standard InChI is InChI=1S/C2H4F2O2S/c1-7(5,6)2(3)4/h2H,1H3. The first-order valence-corrected chi connectivity index (χ1v) is 3.37. The van der Waals surface area contributed by atoms with Gasteiger partial charge in [-0.05, 0) is 0 Å². The molecule has 0 fully saturated rings. The molecule has 2 nitrogen and oxygen atoms in total. The maximum Gasteiger partial charge on any atom is 0.336 e. The van der Waals surface area contributed by atoms with E-state index in [4.69, 9.17) is 0 Å². The van der Waals surface area contributed by atoms with Gasteiger partial charge in [-0.1, -0.05) is 0 Å². The normalized spacial score (nSPS) is 12.6. The molecular formula is C2H4F2O2S. The SMILES string of the molecule is CS(=O)(=O)C(F)F. The summed E-state index contributed by atoms with van der Waals surface area (Å²) in [6.07, 6.45) is 0.484. The monoisotopic (exact) mass is 130 g/mol. The van der Waals surface area contributed by atoms with Crippen LogP contribution in [0.4, 0.5) is 8.78 Å². The summed E-state index contributed by atoms with van der Waals surface area (Å²) in [5.74, 6) is -3.23. The summed E-state index contributed by atoms with van der Waals surface area (Å²) in [5.41, 5.74) is 0. The van der Waals surface area contributed by atoms with Crippen molar-refractivity contribution in [2.24, 2.45) is 0 Å². The first kappa shape index (κ1) is 6.81. The quantitative estimate of drug-likeness (QED) is 0.510. The minimum Gasteiger partial charge on any atom is -0.223 e. The summed E-state index contributed by atoms with van der Waals surface area (Å²) < 4.78 is 41.1. The number of hydrogen-bond donors (Lipinski definition) is 0. The summed E-state index contributed by atoms with van der Waals surface area (Å²) >= 11 is 0. The molecule has 0 radical (unpaired) electrons. The molecule has 7 heavy (non-hydrogen) atoms. The van der Waals surface area contributed by atoms with Crippen LogP contribution in [0.15, 0.2) is 0 Å². The molecule has 0 aromatic heterocycles. The molecule has 5 heteroatoms. The molecule has 0 aromatic rings. The first-order valence-electron chi connectivity index (χ1n) is 1.41. The highest BCUT2D eigenvalue weighted by Gasteiger charge is 2.15. The molecule has 0 aliphatic rings. The van der Waals surface area contributed by atoms with Crippen molar-refractivity contribution < 1.29 is 17.2 Å². The van der Waals surface area contributed by atoms with E-state index in [-0.39, 0.29) is 0 Å². The van der Waals surface area contributed by atoms with Crippen molar-refractivity contribution in [1.29, 1.82) is 0 Å². The Morgan fingerprint density at radius 3 is 1.57 bits per heavy atom. The topological polar surface area (TPSA) is 34.1 Å². The van der Waals surface area contributed by atoms with Crippen LogP contribution >= 0.6 is 0 Å². The Morgan fingerprint density at radius 1 is 1.43 bits per heavy atom. The van der Waals surface area contributed by atoms with Gasteiger partial charge in [-0.25, -0.2) is 8.42 Å². The maximum atomic E-state index is 11.0. The first-order chi connectivity index (χ1) is 2.94. The largest absolute Gasteiger partial charge is 0.336 e. The van der Waals surface area contributed by atoms with Gasteiger partial charge < -0.3 is 0 Å². The Labute approximate surface area is 40.1 Å². The molecule has 0 N–H and O–H groups in total. The van der Waals surface area contributed by atoms with Gasteiger partial charge in [-0.15, -0.1) is 0 Å². The van der Waals surface area contributed by atoms with E-state index in [0.29, 0.717) is 6.26 Å². The van der Waals surface area contributed by atoms with Gasteiger partial charge in [0.05, 0.1) is 0 Å². The van der Waals surface area contributed by atoms with Crippen molar-refractivity contribution in [2.75, 3.05) is 6.26 Å². The minimum absolute atomic E-state index is 0.484. The summed E-state index contributed by atoms with van der Waals surface area (Å²) in [6, 6.07) is 0. The Balaban J connectivity index is 4.10. The molecule has 0 unspecified atom stereocenters. The molecule has 44 valence electrons. The molecule has 0 aliphatic carbocycles. The maximum absolute atomic E-state index is 11.0. The van der Waals surface area contributed by atoms with E-state index in [1.165, 1.54) is 0 Å². The van der Waals surface area contributed by atoms with E-state index in [9.17, 15) is 17.2 Å². The Bertz CT molecular complexity index is 136. The van der Waals surface area contributed by atoms with Crippen molar-refractivity contribution in [3.8, 4) is 0 Å². The lowest BCUT2D eigenvalue weighted by Crippen LogP contribution is -2.06. The van der Waals surface area contributed by atoms with Crippen molar-refractivity contribution in [1.82, 2.24) is 0 Å². The molecule has 0 spiro atoms. The number of sulfone groups is 1. The van der Waals surface area contributed by atoms with Crippen molar-refractivity contribution in [3.63, 3.8) is 0 Å². The third-order valence-electron chi connectivity index (χ3n) is 0.324. The van der Waals surface area contributed by atoms with E-state index in [2.05, 4.69) is 0 Å². The van der Waals surface area contributed by atoms with Gasteiger partial charge in [-0.3, -0.25) is 0 Å². The van der Waals surface area contributed by atoms with E-state index in [0.717, 1.165) is 0 Å². The molecule has 0 aliphatic heterocycles. The predicted molar refractivity (Wildman–Crippen MR) is 20.8 cm³/mol. The fourth-order valence-electron chi connectivity index (χ4n) is 0. The second-order valence-corrected chi connectivity index (χ2v) is 3.11. The molecular weight excluding hydrogens is 126 g/mol. The third-order valence-corrected chi connectivity index (χ3v) is 0.971. The minimum atomic E-state index is -4.07. The Kier molecular flexibility index (Phi) is 1.68. The van der Waals surface area contributed by atoms with Crippen LogP contribution in [-0.4, -0.2) is 20.4 Å². The van der Waals surface area contributed by atoms with Crippen molar-refractivity contribution in [3.05, 3.63) is 0 Å². The van der Waals surface area contributed by atoms with Crippen LogP contribution in [0, 0.1) is 0 Å². The zero-order chi connectivity index (χ0) is 6.08. The van der Waals surface area contributed by atoms with Crippen LogP contribution < -0.4 is 0 Å². The fraction of sp³-hybridized carbons (Fsp3) is 1.00. The number of halogens is 2. The average Bonchev–Trinajstić information content (AvgIpc) is 1.31. The van der Waals surface area contributed by atoms with Crippen LogP contribution in [0.2, 0.25) is 0 Å². The van der Waals surface area contributed by atoms with Crippen LogP contribution in [0.1, 0.15) is 0 Å². The van der Waals surface area contributed by atoms with Crippen molar-refractivity contribution in [2.45, 2.75) is 5.76 Å². The lowest BCUT2D eigenvalue weighted by atomic mass is 11.7. The summed E-state index contributed by atoms with van der Waals surface area (Å²) in [7, 11) is -4.07.